The summed E-state index contributed by atoms with van der Waals surface area (Å²) in [7, 11) is 0. The zero-order valence-electron chi connectivity index (χ0n) is 10.9. The third kappa shape index (κ3) is 2.90. The van der Waals surface area contributed by atoms with Crippen molar-refractivity contribution < 1.29 is 0 Å². The Bertz CT molecular complexity index is 802. The van der Waals surface area contributed by atoms with Crippen LogP contribution in [0.25, 0.3) is 5.78 Å². The van der Waals surface area contributed by atoms with E-state index in [-0.39, 0.29) is 6.04 Å². The maximum atomic E-state index is 6.22. The van der Waals surface area contributed by atoms with Gasteiger partial charge in [0, 0.05) is 16.1 Å². The van der Waals surface area contributed by atoms with Crippen molar-refractivity contribution in [2.75, 3.05) is 5.32 Å². The number of hydrogen-bond acceptors (Lipinski definition) is 4. The summed E-state index contributed by atoms with van der Waals surface area (Å²) in [6, 6.07) is 7.00. The molecule has 5 nitrogen and oxygen atoms in total. The molecule has 0 aliphatic carbocycles. The molecule has 0 aliphatic rings. The van der Waals surface area contributed by atoms with E-state index in [4.69, 9.17) is 34.8 Å². The van der Waals surface area contributed by atoms with Crippen LogP contribution in [0.5, 0.6) is 0 Å². The summed E-state index contributed by atoms with van der Waals surface area (Å²) in [5.74, 6) is 1.11. The zero-order chi connectivity index (χ0) is 15.0. The van der Waals surface area contributed by atoms with E-state index >= 15 is 0 Å². The Hall–Kier alpha value is -1.56. The minimum atomic E-state index is -0.0689. The normalized spacial score (nSPS) is 12.6. The molecule has 8 heteroatoms. The monoisotopic (exact) mass is 341 g/mol. The fourth-order valence-electron chi connectivity index (χ4n) is 2.04. The number of anilines is 1. The Balaban J connectivity index is 1.96. The highest BCUT2D eigenvalue weighted by Crippen LogP contribution is 2.28. The lowest BCUT2D eigenvalue weighted by Gasteiger charge is -2.17. The first-order chi connectivity index (χ1) is 10.0. The number of fused-ring (bicyclic) bond motifs is 1. The van der Waals surface area contributed by atoms with Crippen molar-refractivity contribution in [3.8, 4) is 0 Å². The molecule has 0 bridgehead atoms. The maximum Gasteiger partial charge on any atom is 0.255 e. The summed E-state index contributed by atoms with van der Waals surface area (Å²) in [6.45, 7) is 1.98. The van der Waals surface area contributed by atoms with Crippen LogP contribution >= 0.6 is 34.8 Å². The van der Waals surface area contributed by atoms with Crippen LogP contribution in [-0.2, 0) is 0 Å². The molecule has 0 fully saturated rings. The van der Waals surface area contributed by atoms with Gasteiger partial charge < -0.3 is 5.32 Å². The molecule has 3 rings (SSSR count). The second kappa shape index (κ2) is 5.67. The molecule has 2 heterocycles. The minimum Gasteiger partial charge on any atom is -0.363 e. The van der Waals surface area contributed by atoms with Crippen LogP contribution in [-0.4, -0.2) is 19.6 Å². The molecule has 1 unspecified atom stereocenters. The molecule has 0 spiro atoms. The predicted octanol–water partition coefficient (Wildman–Crippen LogP) is 4.26. The molecule has 1 atom stereocenters. The quantitative estimate of drug-likeness (QED) is 0.723. The Morgan fingerprint density at radius 2 is 2.00 bits per heavy atom. The Labute approximate surface area is 135 Å². The molecular weight excluding hydrogens is 333 g/mol. The average molecular weight is 343 g/mol. The standard InChI is InChI=1S/C13H10Cl3N5/c1-7(9-3-2-8(14)4-10(9)15)19-12-5-11(16)20-13-17-6-18-21(12)13/h2-7,19H,1H3. The van der Waals surface area contributed by atoms with E-state index < -0.39 is 0 Å². The van der Waals surface area contributed by atoms with E-state index in [1.165, 1.54) is 6.33 Å². The molecule has 2 aromatic heterocycles. The fraction of sp³-hybridized carbons (Fsp3) is 0.154. The maximum absolute atomic E-state index is 6.22. The first-order valence-electron chi connectivity index (χ1n) is 6.12. The summed E-state index contributed by atoms with van der Waals surface area (Å²) >= 11 is 18.1. The van der Waals surface area contributed by atoms with Gasteiger partial charge in [-0.25, -0.2) is 0 Å². The Morgan fingerprint density at radius 3 is 2.76 bits per heavy atom. The van der Waals surface area contributed by atoms with Gasteiger partial charge in [0.2, 0.25) is 0 Å². The molecule has 0 radical (unpaired) electrons. The van der Waals surface area contributed by atoms with Gasteiger partial charge in [0.25, 0.3) is 5.78 Å². The smallest absolute Gasteiger partial charge is 0.255 e. The van der Waals surface area contributed by atoms with Crippen LogP contribution in [0, 0.1) is 0 Å². The van der Waals surface area contributed by atoms with Crippen LogP contribution in [0.15, 0.2) is 30.6 Å². The summed E-state index contributed by atoms with van der Waals surface area (Å²) < 4.78 is 1.58. The van der Waals surface area contributed by atoms with Crippen LogP contribution < -0.4 is 5.32 Å². The second-order valence-corrected chi connectivity index (χ2v) is 5.70. The zero-order valence-corrected chi connectivity index (χ0v) is 13.2. The van der Waals surface area contributed by atoms with Gasteiger partial charge in [-0.1, -0.05) is 40.9 Å². The molecule has 0 saturated heterocycles. The molecule has 1 aromatic carbocycles. The van der Waals surface area contributed by atoms with Gasteiger partial charge in [-0.3, -0.25) is 0 Å². The SMILES string of the molecule is CC(Nc1cc(Cl)nc2ncnn12)c1ccc(Cl)cc1Cl. The van der Waals surface area contributed by atoms with Crippen molar-refractivity contribution in [2.45, 2.75) is 13.0 Å². The van der Waals surface area contributed by atoms with E-state index in [1.54, 1.807) is 22.7 Å². The fourth-order valence-corrected chi connectivity index (χ4v) is 2.79. The van der Waals surface area contributed by atoms with Crippen LogP contribution in [0.2, 0.25) is 15.2 Å². The van der Waals surface area contributed by atoms with Crippen molar-refractivity contribution >= 4 is 46.4 Å². The van der Waals surface area contributed by atoms with E-state index in [9.17, 15) is 0 Å². The van der Waals surface area contributed by atoms with Crippen molar-refractivity contribution in [1.82, 2.24) is 19.6 Å². The van der Waals surface area contributed by atoms with E-state index in [0.717, 1.165) is 5.56 Å². The largest absolute Gasteiger partial charge is 0.363 e. The van der Waals surface area contributed by atoms with Gasteiger partial charge in [0.15, 0.2) is 0 Å². The molecule has 1 N–H and O–H groups in total. The Morgan fingerprint density at radius 1 is 1.19 bits per heavy atom. The lowest BCUT2D eigenvalue weighted by Crippen LogP contribution is -2.11. The highest BCUT2D eigenvalue weighted by molar-refractivity contribution is 6.35. The number of benzene rings is 1. The van der Waals surface area contributed by atoms with Gasteiger partial charge in [-0.05, 0) is 24.6 Å². The molecule has 0 aliphatic heterocycles. The summed E-state index contributed by atoms with van der Waals surface area (Å²) in [6.07, 6.45) is 1.42. The number of aromatic nitrogens is 4. The van der Waals surface area contributed by atoms with Crippen molar-refractivity contribution in [2.24, 2.45) is 0 Å². The molecule has 21 heavy (non-hydrogen) atoms. The molecule has 3 aromatic rings. The van der Waals surface area contributed by atoms with Gasteiger partial charge >= 0.3 is 0 Å². The van der Waals surface area contributed by atoms with Gasteiger partial charge in [0.1, 0.15) is 17.3 Å². The summed E-state index contributed by atoms with van der Waals surface area (Å²) in [5.41, 5.74) is 0.919. The Kier molecular flexibility index (Phi) is 3.89. The molecular formula is C13H10Cl3N5. The second-order valence-electron chi connectivity index (χ2n) is 4.47. The van der Waals surface area contributed by atoms with Crippen molar-refractivity contribution in [1.29, 1.82) is 0 Å². The average Bonchev–Trinajstić information content (AvgIpc) is 2.86. The first kappa shape index (κ1) is 14.4. The topological polar surface area (TPSA) is 55.1 Å². The predicted molar refractivity (Wildman–Crippen MR) is 84.3 cm³/mol. The number of rotatable bonds is 3. The minimum absolute atomic E-state index is 0.0689. The van der Waals surface area contributed by atoms with Crippen molar-refractivity contribution in [3.05, 3.63) is 51.4 Å². The van der Waals surface area contributed by atoms with Crippen LogP contribution in [0.4, 0.5) is 5.82 Å². The van der Waals surface area contributed by atoms with Gasteiger partial charge in [-0.2, -0.15) is 19.6 Å². The highest BCUT2D eigenvalue weighted by Gasteiger charge is 2.13. The molecule has 0 saturated carbocycles. The van der Waals surface area contributed by atoms with Gasteiger partial charge in [-0.15, -0.1) is 0 Å². The van der Waals surface area contributed by atoms with E-state index in [2.05, 4.69) is 20.4 Å². The van der Waals surface area contributed by atoms with Crippen LogP contribution in [0.3, 0.4) is 0 Å². The van der Waals surface area contributed by atoms with Gasteiger partial charge in [0.05, 0.1) is 6.04 Å². The first-order valence-corrected chi connectivity index (χ1v) is 7.26. The highest BCUT2D eigenvalue weighted by atomic mass is 35.5. The number of halogens is 3. The third-order valence-corrected chi connectivity index (χ3v) is 3.77. The van der Waals surface area contributed by atoms with E-state index in [0.29, 0.717) is 26.8 Å². The lowest BCUT2D eigenvalue weighted by molar-refractivity contribution is 0.841. The summed E-state index contributed by atoms with van der Waals surface area (Å²) in [5, 5.41) is 8.94. The van der Waals surface area contributed by atoms with Crippen LogP contribution in [0.1, 0.15) is 18.5 Å². The molecule has 108 valence electrons. The molecule has 0 amide bonds. The number of hydrogen-bond donors (Lipinski definition) is 1. The van der Waals surface area contributed by atoms with E-state index in [1.807, 2.05) is 13.0 Å². The van der Waals surface area contributed by atoms with Crippen molar-refractivity contribution in [3.63, 3.8) is 0 Å². The number of nitrogens with one attached hydrogen (secondary N) is 1. The summed E-state index contributed by atoms with van der Waals surface area (Å²) in [4.78, 5) is 8.10. The third-order valence-electron chi connectivity index (χ3n) is 3.01. The number of nitrogens with zero attached hydrogens (tertiary/aromatic N) is 4. The lowest BCUT2D eigenvalue weighted by atomic mass is 10.1.